The Morgan fingerprint density at radius 2 is 2.10 bits per heavy atom. The van der Waals surface area contributed by atoms with Gasteiger partial charge in [0.2, 0.25) is 0 Å². The van der Waals surface area contributed by atoms with Crippen LogP contribution in [0.15, 0.2) is 40.9 Å². The van der Waals surface area contributed by atoms with Crippen LogP contribution >= 0.6 is 27.5 Å². The van der Waals surface area contributed by atoms with Crippen molar-refractivity contribution < 1.29 is 4.74 Å². The molecule has 4 heteroatoms. The van der Waals surface area contributed by atoms with E-state index < -0.39 is 0 Å². The quantitative estimate of drug-likeness (QED) is 0.751. The molecule has 0 bridgehead atoms. The summed E-state index contributed by atoms with van der Waals surface area (Å²) in [5.41, 5.74) is 3.05. The van der Waals surface area contributed by atoms with Crippen LogP contribution in [-0.4, -0.2) is 6.61 Å². The zero-order valence-electron chi connectivity index (χ0n) is 11.6. The smallest absolute Gasteiger partial charge is 0.148 e. The largest absolute Gasteiger partial charge is 0.481 e. The molecule has 0 aliphatic heterocycles. The molecular weight excluding hydrogens is 350 g/mol. The number of rotatable bonds is 5. The standard InChI is InChI=1S/C17H15BrClNO/c1-3-8-21-17-7-5-14(18)9-13(17)11-20-15-6-4-12(2)16(19)10-15/h1,4-7,9-10,20H,8,11H2,2H3. The van der Waals surface area contributed by atoms with Gasteiger partial charge in [0.1, 0.15) is 12.4 Å². The van der Waals surface area contributed by atoms with E-state index in [4.69, 9.17) is 22.8 Å². The topological polar surface area (TPSA) is 21.3 Å². The lowest BCUT2D eigenvalue weighted by Gasteiger charge is -2.12. The van der Waals surface area contributed by atoms with E-state index in [0.29, 0.717) is 6.54 Å². The maximum Gasteiger partial charge on any atom is 0.148 e. The Labute approximate surface area is 138 Å². The van der Waals surface area contributed by atoms with Crippen molar-refractivity contribution >= 4 is 33.2 Å². The molecule has 21 heavy (non-hydrogen) atoms. The van der Waals surface area contributed by atoms with Crippen LogP contribution in [0.3, 0.4) is 0 Å². The highest BCUT2D eigenvalue weighted by Gasteiger charge is 2.05. The summed E-state index contributed by atoms with van der Waals surface area (Å²) in [6, 6.07) is 11.7. The minimum absolute atomic E-state index is 0.255. The van der Waals surface area contributed by atoms with Gasteiger partial charge in [0.15, 0.2) is 0 Å². The zero-order chi connectivity index (χ0) is 15.2. The van der Waals surface area contributed by atoms with Crippen molar-refractivity contribution in [2.75, 3.05) is 11.9 Å². The van der Waals surface area contributed by atoms with Crippen molar-refractivity contribution in [2.24, 2.45) is 0 Å². The van der Waals surface area contributed by atoms with Crippen molar-refractivity contribution in [3.8, 4) is 18.1 Å². The molecule has 2 aromatic rings. The average Bonchev–Trinajstić information content (AvgIpc) is 2.47. The predicted octanol–water partition coefficient (Wildman–Crippen LogP) is 5.04. The Kier molecular flexibility index (Phi) is 5.55. The summed E-state index contributed by atoms with van der Waals surface area (Å²) in [6.07, 6.45) is 5.24. The highest BCUT2D eigenvalue weighted by Crippen LogP contribution is 2.25. The Hall–Kier alpha value is -1.63. The molecule has 0 radical (unpaired) electrons. The molecular formula is C17H15BrClNO. The van der Waals surface area contributed by atoms with Crippen molar-refractivity contribution in [3.05, 3.63) is 57.0 Å². The van der Waals surface area contributed by atoms with Crippen LogP contribution in [-0.2, 0) is 6.54 Å². The normalized spacial score (nSPS) is 10.0. The Bertz CT molecular complexity index is 679. The van der Waals surface area contributed by atoms with E-state index in [1.165, 1.54) is 0 Å². The minimum Gasteiger partial charge on any atom is -0.481 e. The molecule has 2 rings (SSSR count). The highest BCUT2D eigenvalue weighted by atomic mass is 79.9. The van der Waals surface area contributed by atoms with Gasteiger partial charge in [-0.25, -0.2) is 0 Å². The van der Waals surface area contributed by atoms with E-state index in [9.17, 15) is 0 Å². The third-order valence-corrected chi connectivity index (χ3v) is 3.89. The Morgan fingerprint density at radius 1 is 1.29 bits per heavy atom. The number of ether oxygens (including phenoxy) is 1. The maximum atomic E-state index is 6.13. The fourth-order valence-electron chi connectivity index (χ4n) is 1.85. The monoisotopic (exact) mass is 363 g/mol. The molecule has 108 valence electrons. The molecule has 0 saturated heterocycles. The third kappa shape index (κ3) is 4.42. The molecule has 0 aliphatic rings. The second-order valence-corrected chi connectivity index (χ2v) is 5.89. The number of nitrogens with one attached hydrogen (secondary N) is 1. The zero-order valence-corrected chi connectivity index (χ0v) is 14.0. The molecule has 0 spiro atoms. The maximum absolute atomic E-state index is 6.13. The molecule has 0 heterocycles. The van der Waals surface area contributed by atoms with E-state index in [1.807, 2.05) is 43.3 Å². The van der Waals surface area contributed by atoms with Gasteiger partial charge in [0.05, 0.1) is 0 Å². The van der Waals surface area contributed by atoms with E-state index in [0.717, 1.165) is 32.1 Å². The number of halogens is 2. The molecule has 1 N–H and O–H groups in total. The summed E-state index contributed by atoms with van der Waals surface area (Å²) in [6.45, 7) is 2.86. The van der Waals surface area contributed by atoms with E-state index in [2.05, 4.69) is 27.2 Å². The van der Waals surface area contributed by atoms with E-state index in [-0.39, 0.29) is 6.61 Å². The van der Waals surface area contributed by atoms with Gasteiger partial charge in [-0.1, -0.05) is 39.5 Å². The van der Waals surface area contributed by atoms with Gasteiger partial charge in [-0.15, -0.1) is 6.42 Å². The van der Waals surface area contributed by atoms with Crippen LogP contribution in [0.4, 0.5) is 5.69 Å². The lowest BCUT2D eigenvalue weighted by atomic mass is 10.2. The molecule has 0 amide bonds. The van der Waals surface area contributed by atoms with Crippen LogP contribution < -0.4 is 10.1 Å². The lowest BCUT2D eigenvalue weighted by molar-refractivity contribution is 0.366. The molecule has 0 atom stereocenters. The molecule has 0 aliphatic carbocycles. The summed E-state index contributed by atoms with van der Waals surface area (Å²) >= 11 is 9.59. The number of terminal acetylenes is 1. The molecule has 2 aromatic carbocycles. The summed E-state index contributed by atoms with van der Waals surface area (Å²) in [4.78, 5) is 0. The van der Waals surface area contributed by atoms with E-state index >= 15 is 0 Å². The first-order valence-electron chi connectivity index (χ1n) is 6.45. The molecule has 2 nitrogen and oxygen atoms in total. The lowest BCUT2D eigenvalue weighted by Crippen LogP contribution is -2.04. The Morgan fingerprint density at radius 3 is 2.81 bits per heavy atom. The summed E-state index contributed by atoms with van der Waals surface area (Å²) < 4.78 is 6.54. The summed E-state index contributed by atoms with van der Waals surface area (Å²) in [7, 11) is 0. The minimum atomic E-state index is 0.255. The van der Waals surface area contributed by atoms with Crippen LogP contribution in [0.25, 0.3) is 0 Å². The number of benzene rings is 2. The van der Waals surface area contributed by atoms with Gasteiger partial charge in [0.25, 0.3) is 0 Å². The highest BCUT2D eigenvalue weighted by molar-refractivity contribution is 9.10. The number of hydrogen-bond donors (Lipinski definition) is 1. The Balaban J connectivity index is 2.13. The van der Waals surface area contributed by atoms with Crippen LogP contribution in [0.5, 0.6) is 5.75 Å². The van der Waals surface area contributed by atoms with Crippen LogP contribution in [0.2, 0.25) is 5.02 Å². The molecule has 0 saturated carbocycles. The van der Waals surface area contributed by atoms with Gasteiger partial charge >= 0.3 is 0 Å². The number of hydrogen-bond acceptors (Lipinski definition) is 2. The van der Waals surface area contributed by atoms with Crippen LogP contribution in [0, 0.1) is 19.3 Å². The first kappa shape index (κ1) is 15.8. The first-order valence-corrected chi connectivity index (χ1v) is 7.62. The van der Waals surface area contributed by atoms with Crippen molar-refractivity contribution in [1.29, 1.82) is 0 Å². The molecule has 0 fully saturated rings. The van der Waals surface area contributed by atoms with E-state index in [1.54, 1.807) is 0 Å². The summed E-state index contributed by atoms with van der Waals surface area (Å²) in [5.74, 6) is 3.25. The third-order valence-electron chi connectivity index (χ3n) is 2.99. The SMILES string of the molecule is C#CCOc1ccc(Br)cc1CNc1ccc(C)c(Cl)c1. The number of aryl methyl sites for hydroxylation is 1. The van der Waals surface area contributed by atoms with Gasteiger partial charge in [-0.3, -0.25) is 0 Å². The average molecular weight is 365 g/mol. The van der Waals surface area contributed by atoms with Gasteiger partial charge in [-0.2, -0.15) is 0 Å². The van der Waals surface area contributed by atoms with Gasteiger partial charge in [0, 0.05) is 27.3 Å². The first-order chi connectivity index (χ1) is 10.1. The second kappa shape index (κ2) is 7.40. The van der Waals surface area contributed by atoms with Gasteiger partial charge < -0.3 is 10.1 Å². The predicted molar refractivity (Wildman–Crippen MR) is 92.0 cm³/mol. The van der Waals surface area contributed by atoms with Crippen molar-refractivity contribution in [3.63, 3.8) is 0 Å². The summed E-state index contributed by atoms with van der Waals surface area (Å²) in [5, 5.41) is 4.08. The molecule has 0 aromatic heterocycles. The second-order valence-electron chi connectivity index (χ2n) is 4.56. The molecule has 0 unspecified atom stereocenters. The van der Waals surface area contributed by atoms with Crippen molar-refractivity contribution in [2.45, 2.75) is 13.5 Å². The fourth-order valence-corrected chi connectivity index (χ4v) is 2.44. The van der Waals surface area contributed by atoms with Crippen LogP contribution in [0.1, 0.15) is 11.1 Å². The number of anilines is 1. The van der Waals surface area contributed by atoms with Crippen molar-refractivity contribution in [1.82, 2.24) is 0 Å². The fraction of sp³-hybridized carbons (Fsp3) is 0.176. The van der Waals surface area contributed by atoms with Gasteiger partial charge in [-0.05, 0) is 42.8 Å².